The highest BCUT2D eigenvalue weighted by molar-refractivity contribution is 5.77. The first-order valence-corrected chi connectivity index (χ1v) is 8.09. The SMILES string of the molecule is CNC(=O)CCC(C)(C)NC(=O)N(C)[C@@H](C)c1cccc(OC)c1. The summed E-state index contributed by atoms with van der Waals surface area (Å²) in [7, 11) is 4.99. The van der Waals surface area contributed by atoms with Crippen LogP contribution >= 0.6 is 0 Å². The van der Waals surface area contributed by atoms with Gasteiger partial charge in [0.15, 0.2) is 0 Å². The van der Waals surface area contributed by atoms with Crippen LogP contribution in [0.2, 0.25) is 0 Å². The number of benzene rings is 1. The van der Waals surface area contributed by atoms with Crippen LogP contribution in [0, 0.1) is 0 Å². The Hall–Kier alpha value is -2.24. The van der Waals surface area contributed by atoms with Gasteiger partial charge in [-0.25, -0.2) is 4.79 Å². The lowest BCUT2D eigenvalue weighted by Gasteiger charge is -2.32. The smallest absolute Gasteiger partial charge is 0.318 e. The average molecular weight is 335 g/mol. The van der Waals surface area contributed by atoms with Crippen LogP contribution in [0.1, 0.15) is 45.2 Å². The summed E-state index contributed by atoms with van der Waals surface area (Å²) in [6.07, 6.45) is 0.943. The van der Waals surface area contributed by atoms with Gasteiger partial charge in [-0.2, -0.15) is 0 Å². The summed E-state index contributed by atoms with van der Waals surface area (Å²) in [5.74, 6) is 0.731. The van der Waals surface area contributed by atoms with E-state index >= 15 is 0 Å². The summed E-state index contributed by atoms with van der Waals surface area (Å²) in [5, 5.41) is 5.58. The second-order valence-corrected chi connectivity index (χ2v) is 6.55. The van der Waals surface area contributed by atoms with Gasteiger partial charge in [-0.15, -0.1) is 0 Å². The third-order valence-electron chi connectivity index (χ3n) is 4.18. The molecule has 134 valence electrons. The molecule has 1 aromatic rings. The van der Waals surface area contributed by atoms with Crippen LogP contribution in [0.15, 0.2) is 24.3 Å². The van der Waals surface area contributed by atoms with Crippen molar-refractivity contribution in [3.8, 4) is 5.75 Å². The number of carbonyl (C=O) groups is 2. The second-order valence-electron chi connectivity index (χ2n) is 6.55. The van der Waals surface area contributed by atoms with E-state index in [0.29, 0.717) is 12.8 Å². The molecule has 0 radical (unpaired) electrons. The van der Waals surface area contributed by atoms with Gasteiger partial charge in [0, 0.05) is 26.1 Å². The van der Waals surface area contributed by atoms with Crippen molar-refractivity contribution < 1.29 is 14.3 Å². The van der Waals surface area contributed by atoms with Crippen LogP contribution in [0.25, 0.3) is 0 Å². The fourth-order valence-corrected chi connectivity index (χ4v) is 2.29. The maximum atomic E-state index is 12.5. The Balaban J connectivity index is 2.70. The monoisotopic (exact) mass is 335 g/mol. The summed E-state index contributed by atoms with van der Waals surface area (Å²) in [6.45, 7) is 5.79. The van der Waals surface area contributed by atoms with E-state index in [9.17, 15) is 9.59 Å². The molecule has 0 bridgehead atoms. The van der Waals surface area contributed by atoms with Gasteiger partial charge in [0.05, 0.1) is 13.2 Å². The first-order valence-electron chi connectivity index (χ1n) is 8.09. The molecule has 2 N–H and O–H groups in total. The fraction of sp³-hybridized carbons (Fsp3) is 0.556. The van der Waals surface area contributed by atoms with Crippen LogP contribution in [-0.2, 0) is 4.79 Å². The standard InChI is InChI=1S/C18H29N3O3/c1-13(14-8-7-9-15(12-14)24-6)21(5)17(23)20-18(2,3)11-10-16(22)19-4/h7-9,12-13H,10-11H2,1-6H3,(H,19,22)(H,20,23)/t13-/m0/s1. The molecule has 0 aliphatic rings. The van der Waals surface area contributed by atoms with Gasteiger partial charge in [-0.3, -0.25) is 4.79 Å². The number of hydrogen-bond acceptors (Lipinski definition) is 3. The molecule has 3 amide bonds. The fourth-order valence-electron chi connectivity index (χ4n) is 2.29. The third-order valence-corrected chi connectivity index (χ3v) is 4.18. The van der Waals surface area contributed by atoms with Gasteiger partial charge < -0.3 is 20.3 Å². The predicted molar refractivity (Wildman–Crippen MR) is 95.1 cm³/mol. The minimum Gasteiger partial charge on any atom is -0.497 e. The van der Waals surface area contributed by atoms with Crippen molar-refractivity contribution in [1.29, 1.82) is 0 Å². The number of carbonyl (C=O) groups excluding carboxylic acids is 2. The maximum Gasteiger partial charge on any atom is 0.318 e. The average Bonchev–Trinajstić information content (AvgIpc) is 2.57. The summed E-state index contributed by atoms with van der Waals surface area (Å²) >= 11 is 0. The van der Waals surface area contributed by atoms with Gasteiger partial charge in [0.2, 0.25) is 5.91 Å². The van der Waals surface area contributed by atoms with Crippen LogP contribution in [0.3, 0.4) is 0 Å². The Morgan fingerprint density at radius 3 is 2.58 bits per heavy atom. The first-order chi connectivity index (χ1) is 11.2. The Labute approximate surface area is 144 Å². The topological polar surface area (TPSA) is 70.7 Å². The van der Waals surface area contributed by atoms with Gasteiger partial charge in [-0.05, 0) is 44.9 Å². The van der Waals surface area contributed by atoms with Crippen molar-refractivity contribution in [3.63, 3.8) is 0 Å². The summed E-state index contributed by atoms with van der Waals surface area (Å²) in [5.41, 5.74) is 0.529. The van der Waals surface area contributed by atoms with E-state index in [1.807, 2.05) is 45.0 Å². The lowest BCUT2D eigenvalue weighted by atomic mass is 9.98. The largest absolute Gasteiger partial charge is 0.497 e. The molecule has 1 aromatic carbocycles. The zero-order valence-corrected chi connectivity index (χ0v) is 15.5. The molecule has 0 saturated heterocycles. The number of nitrogens with one attached hydrogen (secondary N) is 2. The lowest BCUT2D eigenvalue weighted by molar-refractivity contribution is -0.121. The zero-order valence-electron chi connectivity index (χ0n) is 15.5. The molecule has 6 heteroatoms. The van der Waals surface area contributed by atoms with E-state index < -0.39 is 5.54 Å². The molecule has 24 heavy (non-hydrogen) atoms. The van der Waals surface area contributed by atoms with Crippen LogP contribution in [-0.4, -0.2) is 43.6 Å². The van der Waals surface area contributed by atoms with E-state index in [-0.39, 0.29) is 18.0 Å². The van der Waals surface area contributed by atoms with Crippen molar-refractivity contribution in [2.45, 2.75) is 45.2 Å². The van der Waals surface area contributed by atoms with E-state index in [2.05, 4.69) is 10.6 Å². The van der Waals surface area contributed by atoms with Crippen LogP contribution < -0.4 is 15.4 Å². The number of urea groups is 1. The highest BCUT2D eigenvalue weighted by Gasteiger charge is 2.25. The molecule has 0 heterocycles. The minimum atomic E-state index is -0.466. The molecule has 0 unspecified atom stereocenters. The number of nitrogens with zero attached hydrogens (tertiary/aromatic N) is 1. The molecule has 0 aromatic heterocycles. The number of amides is 3. The molecule has 0 spiro atoms. The van der Waals surface area contributed by atoms with Gasteiger partial charge in [-0.1, -0.05) is 12.1 Å². The number of rotatable bonds is 7. The molecule has 0 saturated carbocycles. The Morgan fingerprint density at radius 2 is 2.00 bits per heavy atom. The molecular weight excluding hydrogens is 306 g/mol. The van der Waals surface area contributed by atoms with Gasteiger partial charge >= 0.3 is 6.03 Å². The Morgan fingerprint density at radius 1 is 1.33 bits per heavy atom. The Bertz CT molecular complexity index is 572. The van der Waals surface area contributed by atoms with Crippen LogP contribution in [0.4, 0.5) is 4.79 Å². The molecule has 1 atom stereocenters. The number of methoxy groups -OCH3 is 1. The highest BCUT2D eigenvalue weighted by Crippen LogP contribution is 2.23. The van der Waals surface area contributed by atoms with E-state index in [4.69, 9.17) is 4.74 Å². The van der Waals surface area contributed by atoms with E-state index in [1.165, 1.54) is 0 Å². The molecule has 6 nitrogen and oxygen atoms in total. The molecule has 0 aliphatic heterocycles. The lowest BCUT2D eigenvalue weighted by Crippen LogP contribution is -2.49. The third kappa shape index (κ3) is 5.76. The number of hydrogen-bond donors (Lipinski definition) is 2. The van der Waals surface area contributed by atoms with Crippen molar-refractivity contribution in [1.82, 2.24) is 15.5 Å². The van der Waals surface area contributed by atoms with E-state index in [1.54, 1.807) is 26.1 Å². The van der Waals surface area contributed by atoms with Gasteiger partial charge in [0.1, 0.15) is 5.75 Å². The molecule has 0 fully saturated rings. The summed E-state index contributed by atoms with van der Waals surface area (Å²) < 4.78 is 5.23. The van der Waals surface area contributed by atoms with Crippen molar-refractivity contribution in [3.05, 3.63) is 29.8 Å². The quantitative estimate of drug-likeness (QED) is 0.805. The molecule has 0 aliphatic carbocycles. The van der Waals surface area contributed by atoms with Gasteiger partial charge in [0.25, 0.3) is 0 Å². The maximum absolute atomic E-state index is 12.5. The van der Waals surface area contributed by atoms with Crippen molar-refractivity contribution in [2.75, 3.05) is 21.2 Å². The summed E-state index contributed by atoms with van der Waals surface area (Å²) in [6, 6.07) is 7.39. The predicted octanol–water partition coefficient (Wildman–Crippen LogP) is 2.70. The zero-order chi connectivity index (χ0) is 18.3. The van der Waals surface area contributed by atoms with Crippen molar-refractivity contribution in [2.24, 2.45) is 0 Å². The number of ether oxygens (including phenoxy) is 1. The molecular formula is C18H29N3O3. The molecule has 1 rings (SSSR count). The van der Waals surface area contributed by atoms with Crippen molar-refractivity contribution >= 4 is 11.9 Å². The first kappa shape index (κ1) is 19.8. The second kappa shape index (κ2) is 8.57. The van der Waals surface area contributed by atoms with Crippen LogP contribution in [0.5, 0.6) is 5.75 Å². The minimum absolute atomic E-state index is 0.0320. The summed E-state index contributed by atoms with van der Waals surface area (Å²) in [4.78, 5) is 25.6. The Kier molecular flexibility index (Phi) is 7.07. The normalized spacial score (nSPS) is 12.2. The highest BCUT2D eigenvalue weighted by atomic mass is 16.5. The van der Waals surface area contributed by atoms with E-state index in [0.717, 1.165) is 11.3 Å².